The van der Waals surface area contributed by atoms with Crippen molar-refractivity contribution in [3.8, 4) is 0 Å². The van der Waals surface area contributed by atoms with E-state index in [0.29, 0.717) is 6.10 Å². The van der Waals surface area contributed by atoms with E-state index >= 15 is 0 Å². The van der Waals surface area contributed by atoms with Gasteiger partial charge in [0.05, 0.1) is 6.10 Å². The molecule has 1 aliphatic heterocycles. The summed E-state index contributed by atoms with van der Waals surface area (Å²) >= 11 is 0. The molecule has 0 amide bonds. The molecule has 13 heavy (non-hydrogen) atoms. The van der Waals surface area contributed by atoms with Crippen LogP contribution in [-0.2, 0) is 4.74 Å². The minimum absolute atomic E-state index is 0.189. The highest BCUT2D eigenvalue weighted by atomic mass is 16.5. The molecular formula is C10H22N2O. The zero-order chi connectivity index (χ0) is 9.73. The smallest absolute Gasteiger partial charge is 0.0726 e. The van der Waals surface area contributed by atoms with Crippen molar-refractivity contribution in [1.82, 2.24) is 5.32 Å². The lowest BCUT2D eigenvalue weighted by atomic mass is 9.94. The molecule has 0 saturated carbocycles. The molecule has 0 aromatic carbocycles. The van der Waals surface area contributed by atoms with E-state index in [9.17, 15) is 0 Å². The van der Waals surface area contributed by atoms with Crippen LogP contribution < -0.4 is 11.1 Å². The Morgan fingerprint density at radius 1 is 1.54 bits per heavy atom. The number of rotatable bonds is 5. The van der Waals surface area contributed by atoms with E-state index < -0.39 is 0 Å². The fourth-order valence-electron chi connectivity index (χ4n) is 1.71. The van der Waals surface area contributed by atoms with Gasteiger partial charge in [-0.15, -0.1) is 0 Å². The molecule has 2 atom stereocenters. The van der Waals surface area contributed by atoms with E-state index in [2.05, 4.69) is 19.2 Å². The molecule has 0 aromatic heterocycles. The summed E-state index contributed by atoms with van der Waals surface area (Å²) in [6.07, 6.45) is 3.74. The standard InChI is InChI=1S/C10H22N2O/c1-9-10(2,5-8-13-9)12-7-4-3-6-11/h9,12H,3-8,11H2,1-2H3. The van der Waals surface area contributed by atoms with Crippen molar-refractivity contribution >= 4 is 0 Å². The van der Waals surface area contributed by atoms with Crippen molar-refractivity contribution in [2.45, 2.75) is 44.8 Å². The maximum Gasteiger partial charge on any atom is 0.0726 e. The van der Waals surface area contributed by atoms with Crippen molar-refractivity contribution in [3.05, 3.63) is 0 Å². The molecule has 2 unspecified atom stereocenters. The zero-order valence-electron chi connectivity index (χ0n) is 8.81. The van der Waals surface area contributed by atoms with Crippen molar-refractivity contribution < 1.29 is 4.74 Å². The van der Waals surface area contributed by atoms with E-state index in [4.69, 9.17) is 10.5 Å². The summed E-state index contributed by atoms with van der Waals surface area (Å²) in [4.78, 5) is 0. The summed E-state index contributed by atoms with van der Waals surface area (Å²) in [5.41, 5.74) is 5.62. The fraction of sp³-hybridized carbons (Fsp3) is 1.00. The van der Waals surface area contributed by atoms with E-state index in [1.807, 2.05) is 0 Å². The molecule has 78 valence electrons. The quantitative estimate of drug-likeness (QED) is 0.627. The van der Waals surface area contributed by atoms with Crippen LogP contribution in [0.1, 0.15) is 33.1 Å². The lowest BCUT2D eigenvalue weighted by Crippen LogP contribution is -2.48. The molecule has 0 spiro atoms. The van der Waals surface area contributed by atoms with Gasteiger partial charge in [0.25, 0.3) is 0 Å². The molecule has 1 saturated heterocycles. The lowest BCUT2D eigenvalue weighted by molar-refractivity contribution is 0.0887. The topological polar surface area (TPSA) is 47.3 Å². The summed E-state index contributed by atoms with van der Waals surface area (Å²) in [6.45, 7) is 7.13. The Bertz CT molecular complexity index is 152. The molecule has 1 rings (SSSR count). The summed E-state index contributed by atoms with van der Waals surface area (Å²) < 4.78 is 5.54. The number of ether oxygens (including phenoxy) is 1. The van der Waals surface area contributed by atoms with E-state index in [1.165, 1.54) is 6.42 Å². The van der Waals surface area contributed by atoms with Crippen LogP contribution in [0.4, 0.5) is 0 Å². The number of nitrogens with one attached hydrogen (secondary N) is 1. The Morgan fingerprint density at radius 3 is 2.85 bits per heavy atom. The maximum atomic E-state index is 5.54. The Hall–Kier alpha value is -0.120. The summed E-state index contributed by atoms with van der Waals surface area (Å²) in [7, 11) is 0. The van der Waals surface area contributed by atoms with E-state index in [-0.39, 0.29) is 5.54 Å². The van der Waals surface area contributed by atoms with Crippen LogP contribution in [0.2, 0.25) is 0 Å². The van der Waals surface area contributed by atoms with Crippen LogP contribution in [0.5, 0.6) is 0 Å². The first-order valence-corrected chi connectivity index (χ1v) is 5.26. The Morgan fingerprint density at radius 2 is 2.31 bits per heavy atom. The first-order valence-electron chi connectivity index (χ1n) is 5.26. The van der Waals surface area contributed by atoms with Crippen LogP contribution in [-0.4, -0.2) is 31.3 Å². The van der Waals surface area contributed by atoms with Gasteiger partial charge < -0.3 is 15.8 Å². The van der Waals surface area contributed by atoms with Gasteiger partial charge in [0, 0.05) is 12.1 Å². The van der Waals surface area contributed by atoms with Gasteiger partial charge in [-0.05, 0) is 46.2 Å². The molecule has 0 aliphatic carbocycles. The van der Waals surface area contributed by atoms with Crippen molar-refractivity contribution in [1.29, 1.82) is 0 Å². The molecule has 1 aliphatic rings. The van der Waals surface area contributed by atoms with E-state index in [1.54, 1.807) is 0 Å². The fourth-order valence-corrected chi connectivity index (χ4v) is 1.71. The third kappa shape index (κ3) is 2.93. The first-order chi connectivity index (χ1) is 6.19. The largest absolute Gasteiger partial charge is 0.377 e. The van der Waals surface area contributed by atoms with Crippen LogP contribution in [0.3, 0.4) is 0 Å². The summed E-state index contributed by atoms with van der Waals surface area (Å²) in [6, 6.07) is 0. The molecule has 3 N–H and O–H groups in total. The van der Waals surface area contributed by atoms with Crippen molar-refractivity contribution in [2.75, 3.05) is 19.7 Å². The monoisotopic (exact) mass is 186 g/mol. The molecule has 3 nitrogen and oxygen atoms in total. The molecule has 1 fully saturated rings. The molecule has 0 aromatic rings. The molecular weight excluding hydrogens is 164 g/mol. The average molecular weight is 186 g/mol. The van der Waals surface area contributed by atoms with Gasteiger partial charge in [-0.2, -0.15) is 0 Å². The molecule has 0 radical (unpaired) electrons. The first kappa shape index (κ1) is 11.0. The molecule has 1 heterocycles. The minimum atomic E-state index is 0.189. The third-order valence-electron chi connectivity index (χ3n) is 3.05. The predicted molar refractivity (Wildman–Crippen MR) is 54.7 cm³/mol. The van der Waals surface area contributed by atoms with Gasteiger partial charge in [-0.1, -0.05) is 0 Å². The van der Waals surface area contributed by atoms with Crippen LogP contribution in [0, 0.1) is 0 Å². The zero-order valence-corrected chi connectivity index (χ0v) is 8.81. The Balaban J connectivity index is 2.18. The predicted octanol–water partition coefficient (Wildman–Crippen LogP) is 0.882. The van der Waals surface area contributed by atoms with Gasteiger partial charge in [-0.3, -0.25) is 0 Å². The van der Waals surface area contributed by atoms with Crippen LogP contribution >= 0.6 is 0 Å². The van der Waals surface area contributed by atoms with E-state index in [0.717, 1.165) is 32.5 Å². The lowest BCUT2D eigenvalue weighted by Gasteiger charge is -2.29. The highest BCUT2D eigenvalue weighted by Crippen LogP contribution is 2.24. The third-order valence-corrected chi connectivity index (χ3v) is 3.05. The molecule has 0 bridgehead atoms. The second-order valence-electron chi connectivity index (χ2n) is 4.10. The maximum absolute atomic E-state index is 5.54. The normalized spacial score (nSPS) is 33.9. The molecule has 3 heteroatoms. The van der Waals surface area contributed by atoms with Crippen molar-refractivity contribution in [2.24, 2.45) is 5.73 Å². The number of unbranched alkanes of at least 4 members (excludes halogenated alkanes) is 1. The van der Waals surface area contributed by atoms with Gasteiger partial charge in [0.1, 0.15) is 0 Å². The second kappa shape index (κ2) is 4.94. The number of nitrogens with two attached hydrogens (primary N) is 1. The SMILES string of the molecule is CC1OCCC1(C)NCCCCN. The Labute approximate surface area is 81.0 Å². The van der Waals surface area contributed by atoms with Gasteiger partial charge >= 0.3 is 0 Å². The Kier molecular flexibility index (Phi) is 4.16. The average Bonchev–Trinajstić information content (AvgIpc) is 2.42. The minimum Gasteiger partial charge on any atom is -0.377 e. The number of hydrogen-bond donors (Lipinski definition) is 2. The highest BCUT2D eigenvalue weighted by molar-refractivity contribution is 4.93. The van der Waals surface area contributed by atoms with Crippen LogP contribution in [0.25, 0.3) is 0 Å². The second-order valence-corrected chi connectivity index (χ2v) is 4.10. The summed E-state index contributed by atoms with van der Waals surface area (Å²) in [5.74, 6) is 0. The number of hydrogen-bond acceptors (Lipinski definition) is 3. The van der Waals surface area contributed by atoms with Gasteiger partial charge in [0.2, 0.25) is 0 Å². The summed E-state index contributed by atoms with van der Waals surface area (Å²) in [5, 5.41) is 3.56. The highest BCUT2D eigenvalue weighted by Gasteiger charge is 2.35. The van der Waals surface area contributed by atoms with Crippen molar-refractivity contribution in [3.63, 3.8) is 0 Å². The van der Waals surface area contributed by atoms with Crippen LogP contribution in [0.15, 0.2) is 0 Å². The van der Waals surface area contributed by atoms with Gasteiger partial charge in [-0.25, -0.2) is 0 Å². The van der Waals surface area contributed by atoms with Gasteiger partial charge in [0.15, 0.2) is 0 Å².